The lowest BCUT2D eigenvalue weighted by Gasteiger charge is -1.91. The summed E-state index contributed by atoms with van der Waals surface area (Å²) in [5.74, 6) is 0.898. The molecule has 0 aliphatic heterocycles. The maximum Gasteiger partial charge on any atom is 0.150 e. The topological polar surface area (TPSA) is 40.7 Å². The largest absolute Gasteiger partial charge is 0.344 e. The fourth-order valence-corrected chi connectivity index (χ4v) is 1.21. The number of rotatable bonds is 3. The second-order valence-electron chi connectivity index (χ2n) is 2.34. The molecule has 0 aromatic carbocycles. The quantitative estimate of drug-likeness (QED) is 0.725. The third-order valence-electron chi connectivity index (χ3n) is 1.48. The summed E-state index contributed by atoms with van der Waals surface area (Å²) in [6, 6.07) is 0. The lowest BCUT2D eigenvalue weighted by atomic mass is 10.4. The Labute approximate surface area is 71.2 Å². The van der Waals surface area contributed by atoms with Crippen LogP contribution in [0.25, 0.3) is 0 Å². The summed E-state index contributed by atoms with van der Waals surface area (Å²) in [5, 5.41) is 3.59. The number of nitrogens with zero attached hydrogens (tertiary/aromatic N) is 1. The van der Waals surface area contributed by atoms with Crippen LogP contribution >= 0.6 is 11.6 Å². The van der Waals surface area contributed by atoms with Gasteiger partial charge in [0.2, 0.25) is 0 Å². The molecular weight excluding hydrogens is 162 g/mol. The van der Waals surface area contributed by atoms with Gasteiger partial charge >= 0.3 is 0 Å². The molecular formula is C7H12ClN3. The summed E-state index contributed by atoms with van der Waals surface area (Å²) in [5.41, 5.74) is 1.01. The van der Waals surface area contributed by atoms with Gasteiger partial charge in [0, 0.05) is 0 Å². The van der Waals surface area contributed by atoms with E-state index in [1.165, 1.54) is 0 Å². The van der Waals surface area contributed by atoms with Crippen LogP contribution in [0.3, 0.4) is 0 Å². The van der Waals surface area contributed by atoms with Crippen molar-refractivity contribution in [2.45, 2.75) is 19.9 Å². The number of aromatic nitrogens is 2. The van der Waals surface area contributed by atoms with Crippen LogP contribution in [0.4, 0.5) is 0 Å². The highest BCUT2D eigenvalue weighted by atomic mass is 35.5. The summed E-state index contributed by atoms with van der Waals surface area (Å²) in [4.78, 5) is 7.25. The number of imidazole rings is 1. The van der Waals surface area contributed by atoms with Gasteiger partial charge in [-0.25, -0.2) is 4.98 Å². The molecule has 3 nitrogen and oxygen atoms in total. The van der Waals surface area contributed by atoms with E-state index in [9.17, 15) is 0 Å². The molecule has 0 atom stereocenters. The van der Waals surface area contributed by atoms with Crippen molar-refractivity contribution in [1.82, 2.24) is 15.3 Å². The van der Waals surface area contributed by atoms with E-state index in [0.717, 1.165) is 24.5 Å². The van der Waals surface area contributed by atoms with E-state index >= 15 is 0 Å². The molecule has 0 fully saturated rings. The van der Waals surface area contributed by atoms with E-state index in [1.54, 1.807) is 0 Å². The summed E-state index contributed by atoms with van der Waals surface area (Å²) in [7, 11) is 1.88. The number of halogens is 1. The number of hydrogen-bond donors (Lipinski definition) is 2. The molecule has 11 heavy (non-hydrogen) atoms. The molecule has 0 aliphatic carbocycles. The van der Waals surface area contributed by atoms with Crippen molar-refractivity contribution in [2.75, 3.05) is 7.05 Å². The summed E-state index contributed by atoms with van der Waals surface area (Å²) >= 11 is 5.81. The van der Waals surface area contributed by atoms with Gasteiger partial charge in [-0.15, -0.1) is 0 Å². The van der Waals surface area contributed by atoms with Gasteiger partial charge in [-0.1, -0.05) is 18.5 Å². The number of aryl methyl sites for hydroxylation is 1. The maximum atomic E-state index is 5.81. The number of H-pyrrole nitrogens is 1. The molecule has 1 aromatic heterocycles. The zero-order valence-corrected chi connectivity index (χ0v) is 7.50. The van der Waals surface area contributed by atoms with Gasteiger partial charge in [0.15, 0.2) is 0 Å². The van der Waals surface area contributed by atoms with E-state index in [4.69, 9.17) is 11.6 Å². The molecule has 0 saturated heterocycles. The summed E-state index contributed by atoms with van der Waals surface area (Å²) < 4.78 is 0. The highest BCUT2D eigenvalue weighted by molar-refractivity contribution is 6.30. The molecule has 1 aromatic rings. The number of aromatic amines is 1. The molecule has 1 rings (SSSR count). The average molecular weight is 174 g/mol. The number of nitrogens with one attached hydrogen (secondary N) is 2. The van der Waals surface area contributed by atoms with E-state index in [-0.39, 0.29) is 0 Å². The molecule has 0 bridgehead atoms. The first-order chi connectivity index (χ1) is 5.27. The normalized spacial score (nSPS) is 10.5. The first-order valence-corrected chi connectivity index (χ1v) is 4.03. The molecule has 0 spiro atoms. The van der Waals surface area contributed by atoms with Crippen LogP contribution < -0.4 is 5.32 Å². The molecule has 62 valence electrons. The van der Waals surface area contributed by atoms with Crippen LogP contribution in [-0.4, -0.2) is 17.0 Å². The van der Waals surface area contributed by atoms with Crippen molar-refractivity contribution in [3.63, 3.8) is 0 Å². The SMILES string of the molecule is CCc1[nH]c(CNC)nc1Cl. The van der Waals surface area contributed by atoms with Crippen molar-refractivity contribution in [1.29, 1.82) is 0 Å². The number of hydrogen-bond acceptors (Lipinski definition) is 2. The second-order valence-corrected chi connectivity index (χ2v) is 2.69. The Kier molecular flexibility index (Phi) is 2.91. The van der Waals surface area contributed by atoms with Gasteiger partial charge in [-0.3, -0.25) is 0 Å². The fraction of sp³-hybridized carbons (Fsp3) is 0.571. The molecule has 2 N–H and O–H groups in total. The smallest absolute Gasteiger partial charge is 0.150 e. The first kappa shape index (κ1) is 8.56. The third-order valence-corrected chi connectivity index (χ3v) is 1.79. The summed E-state index contributed by atoms with van der Waals surface area (Å²) in [6.45, 7) is 2.78. The van der Waals surface area contributed by atoms with E-state index in [2.05, 4.69) is 15.3 Å². The average Bonchev–Trinajstić information content (AvgIpc) is 2.32. The molecule has 0 radical (unpaired) electrons. The minimum atomic E-state index is 0.595. The maximum absolute atomic E-state index is 5.81. The van der Waals surface area contributed by atoms with Gasteiger partial charge < -0.3 is 10.3 Å². The van der Waals surface area contributed by atoms with Crippen molar-refractivity contribution in [3.05, 3.63) is 16.7 Å². The van der Waals surface area contributed by atoms with Crippen molar-refractivity contribution in [2.24, 2.45) is 0 Å². The lowest BCUT2D eigenvalue weighted by Crippen LogP contribution is -2.06. The Morgan fingerprint density at radius 3 is 2.82 bits per heavy atom. The predicted octanol–water partition coefficient (Wildman–Crippen LogP) is 1.34. The Morgan fingerprint density at radius 1 is 1.64 bits per heavy atom. The van der Waals surface area contributed by atoms with Crippen LogP contribution in [0.2, 0.25) is 5.15 Å². The lowest BCUT2D eigenvalue weighted by molar-refractivity contribution is 0.768. The predicted molar refractivity (Wildman–Crippen MR) is 45.7 cm³/mol. The van der Waals surface area contributed by atoms with Crippen LogP contribution in [0, 0.1) is 0 Å². The minimum absolute atomic E-state index is 0.595. The third kappa shape index (κ3) is 1.94. The van der Waals surface area contributed by atoms with Gasteiger partial charge in [0.25, 0.3) is 0 Å². The summed E-state index contributed by atoms with van der Waals surface area (Å²) in [6.07, 6.45) is 0.898. The van der Waals surface area contributed by atoms with E-state index in [0.29, 0.717) is 5.15 Å². The van der Waals surface area contributed by atoms with Crippen LogP contribution in [0.15, 0.2) is 0 Å². The zero-order chi connectivity index (χ0) is 8.27. The molecule has 0 unspecified atom stereocenters. The van der Waals surface area contributed by atoms with Crippen molar-refractivity contribution in [3.8, 4) is 0 Å². The fourth-order valence-electron chi connectivity index (χ4n) is 0.925. The van der Waals surface area contributed by atoms with Crippen molar-refractivity contribution < 1.29 is 0 Å². The highest BCUT2D eigenvalue weighted by Gasteiger charge is 2.04. The standard InChI is InChI=1S/C7H12ClN3/c1-3-5-7(8)11-6(10-5)4-9-2/h9H,3-4H2,1-2H3,(H,10,11). The molecule has 0 aliphatic rings. The van der Waals surface area contributed by atoms with Crippen molar-refractivity contribution >= 4 is 11.6 Å². The van der Waals surface area contributed by atoms with Gasteiger partial charge in [0.05, 0.1) is 12.2 Å². The monoisotopic (exact) mass is 173 g/mol. The first-order valence-electron chi connectivity index (χ1n) is 3.65. The molecule has 1 heterocycles. The molecule has 0 amide bonds. The Bertz CT molecular complexity index is 232. The minimum Gasteiger partial charge on any atom is -0.344 e. The highest BCUT2D eigenvalue weighted by Crippen LogP contribution is 2.12. The second kappa shape index (κ2) is 3.74. The Hall–Kier alpha value is -0.540. The van der Waals surface area contributed by atoms with Crippen LogP contribution in [-0.2, 0) is 13.0 Å². The molecule has 0 saturated carbocycles. The van der Waals surface area contributed by atoms with Gasteiger partial charge in [-0.2, -0.15) is 0 Å². The van der Waals surface area contributed by atoms with Gasteiger partial charge in [0.1, 0.15) is 11.0 Å². The van der Waals surface area contributed by atoms with E-state index in [1.807, 2.05) is 14.0 Å². The van der Waals surface area contributed by atoms with E-state index < -0.39 is 0 Å². The molecule has 4 heteroatoms. The Balaban J connectivity index is 2.77. The van der Waals surface area contributed by atoms with Gasteiger partial charge in [-0.05, 0) is 13.5 Å². The zero-order valence-electron chi connectivity index (χ0n) is 6.74. The Morgan fingerprint density at radius 2 is 2.36 bits per heavy atom. The van der Waals surface area contributed by atoms with Crippen LogP contribution in [0.5, 0.6) is 0 Å². The van der Waals surface area contributed by atoms with Crippen LogP contribution in [0.1, 0.15) is 18.4 Å².